The number of nitrogens with zero attached hydrogens (tertiary/aromatic N) is 2. The highest BCUT2D eigenvalue weighted by atomic mass is 16.2. The zero-order valence-corrected chi connectivity index (χ0v) is 9.12. The number of hydrogen-bond acceptors (Lipinski definition) is 5. The van der Waals surface area contributed by atoms with Crippen LogP contribution in [-0.2, 0) is 0 Å². The van der Waals surface area contributed by atoms with Crippen molar-refractivity contribution in [3.63, 3.8) is 0 Å². The van der Waals surface area contributed by atoms with E-state index in [-0.39, 0.29) is 5.82 Å². The van der Waals surface area contributed by atoms with Gasteiger partial charge in [-0.3, -0.25) is 9.78 Å². The monoisotopic (exact) mass is 225 g/mol. The van der Waals surface area contributed by atoms with Crippen LogP contribution in [0.4, 0.5) is 5.82 Å². The molecule has 0 aliphatic carbocycles. The third kappa shape index (κ3) is 2.48. The van der Waals surface area contributed by atoms with Crippen LogP contribution in [0.15, 0.2) is 9.59 Å². The molecule has 0 bridgehead atoms. The summed E-state index contributed by atoms with van der Waals surface area (Å²) < 4.78 is 0. The Balaban J connectivity index is 1.95. The fourth-order valence-corrected chi connectivity index (χ4v) is 1.90. The van der Waals surface area contributed by atoms with E-state index in [1.807, 2.05) is 0 Å². The van der Waals surface area contributed by atoms with Gasteiger partial charge in [-0.25, -0.2) is 9.89 Å². The number of aromatic nitrogens is 3. The minimum Gasteiger partial charge on any atom is -0.364 e. The largest absolute Gasteiger partial charge is 0.364 e. The van der Waals surface area contributed by atoms with E-state index < -0.39 is 11.2 Å². The molecule has 1 aliphatic heterocycles. The molecule has 1 aromatic heterocycles. The van der Waals surface area contributed by atoms with Crippen LogP contribution >= 0.6 is 0 Å². The quantitative estimate of drug-likeness (QED) is 0.602. The standard InChI is InChI=1S/C9H15N5O2/c1-14-3-2-6(5-14)4-10-7-8(15)11-9(16)13-12-7/h6H,2-5H2,1H3,(H,10,12)(H2,11,13,15,16). The molecular weight excluding hydrogens is 210 g/mol. The van der Waals surface area contributed by atoms with Crippen molar-refractivity contribution in [2.45, 2.75) is 6.42 Å². The minimum atomic E-state index is -0.587. The number of H-pyrrole nitrogens is 2. The Kier molecular flexibility index (Phi) is 3.04. The van der Waals surface area contributed by atoms with Gasteiger partial charge in [0.25, 0.3) is 5.56 Å². The third-order valence-electron chi connectivity index (χ3n) is 2.76. The van der Waals surface area contributed by atoms with E-state index in [9.17, 15) is 9.59 Å². The highest BCUT2D eigenvalue weighted by molar-refractivity contribution is 5.28. The first-order valence-corrected chi connectivity index (χ1v) is 5.26. The normalized spacial score (nSPS) is 21.2. The summed E-state index contributed by atoms with van der Waals surface area (Å²) >= 11 is 0. The number of rotatable bonds is 3. The lowest BCUT2D eigenvalue weighted by atomic mass is 10.1. The van der Waals surface area contributed by atoms with Crippen molar-refractivity contribution in [1.82, 2.24) is 20.1 Å². The molecule has 16 heavy (non-hydrogen) atoms. The maximum atomic E-state index is 11.3. The summed E-state index contributed by atoms with van der Waals surface area (Å²) in [5, 5.41) is 8.79. The van der Waals surface area contributed by atoms with Gasteiger partial charge in [-0.15, -0.1) is 5.10 Å². The molecule has 1 unspecified atom stereocenters. The molecule has 1 aliphatic rings. The Morgan fingerprint density at radius 2 is 2.38 bits per heavy atom. The molecule has 0 amide bonds. The van der Waals surface area contributed by atoms with Gasteiger partial charge in [-0.05, 0) is 25.9 Å². The van der Waals surface area contributed by atoms with Crippen molar-refractivity contribution in [3.05, 3.63) is 20.8 Å². The van der Waals surface area contributed by atoms with Crippen molar-refractivity contribution in [2.24, 2.45) is 5.92 Å². The lowest BCUT2D eigenvalue weighted by Crippen LogP contribution is -2.29. The van der Waals surface area contributed by atoms with Gasteiger partial charge < -0.3 is 10.2 Å². The number of hydrogen-bond donors (Lipinski definition) is 3. The topological polar surface area (TPSA) is 93.9 Å². The molecule has 0 saturated carbocycles. The van der Waals surface area contributed by atoms with Crippen LogP contribution in [-0.4, -0.2) is 46.8 Å². The SMILES string of the molecule is CN1CCC(CNc2n[nH]c(=O)[nH]c2=O)C1. The van der Waals surface area contributed by atoms with Gasteiger partial charge in [-0.2, -0.15) is 0 Å². The zero-order chi connectivity index (χ0) is 11.5. The first-order chi connectivity index (χ1) is 7.65. The predicted octanol–water partition coefficient (Wildman–Crippen LogP) is -1.18. The summed E-state index contributed by atoms with van der Waals surface area (Å²) in [6.07, 6.45) is 1.12. The van der Waals surface area contributed by atoms with Crippen LogP contribution in [0.25, 0.3) is 0 Å². The van der Waals surface area contributed by atoms with Gasteiger partial charge in [-0.1, -0.05) is 0 Å². The summed E-state index contributed by atoms with van der Waals surface area (Å²) in [5.41, 5.74) is -1.06. The first kappa shape index (κ1) is 10.9. The van der Waals surface area contributed by atoms with Crippen molar-refractivity contribution in [2.75, 3.05) is 32.0 Å². The molecule has 7 nitrogen and oxygen atoms in total. The Morgan fingerprint density at radius 3 is 3.00 bits per heavy atom. The van der Waals surface area contributed by atoms with Crippen LogP contribution in [0.1, 0.15) is 6.42 Å². The molecule has 1 fully saturated rings. The molecule has 1 saturated heterocycles. The van der Waals surface area contributed by atoms with E-state index >= 15 is 0 Å². The molecule has 0 spiro atoms. The van der Waals surface area contributed by atoms with E-state index in [1.54, 1.807) is 0 Å². The first-order valence-electron chi connectivity index (χ1n) is 5.26. The second-order valence-electron chi connectivity index (χ2n) is 4.15. The second-order valence-corrected chi connectivity index (χ2v) is 4.15. The van der Waals surface area contributed by atoms with Crippen LogP contribution in [0.2, 0.25) is 0 Å². The average Bonchev–Trinajstić information content (AvgIpc) is 2.63. The van der Waals surface area contributed by atoms with Gasteiger partial charge in [0.05, 0.1) is 0 Å². The van der Waals surface area contributed by atoms with Crippen molar-refractivity contribution in [1.29, 1.82) is 0 Å². The summed E-state index contributed by atoms with van der Waals surface area (Å²) in [4.78, 5) is 26.4. The summed E-state index contributed by atoms with van der Waals surface area (Å²) in [6, 6.07) is 0. The fourth-order valence-electron chi connectivity index (χ4n) is 1.90. The maximum absolute atomic E-state index is 11.3. The Labute approximate surface area is 91.9 Å². The predicted molar refractivity (Wildman–Crippen MR) is 59.6 cm³/mol. The molecule has 1 atom stereocenters. The molecule has 3 N–H and O–H groups in total. The van der Waals surface area contributed by atoms with E-state index in [4.69, 9.17) is 0 Å². The van der Waals surface area contributed by atoms with E-state index in [1.165, 1.54) is 0 Å². The van der Waals surface area contributed by atoms with Crippen molar-refractivity contribution in [3.8, 4) is 0 Å². The number of likely N-dealkylation sites (tertiary alicyclic amines) is 1. The fraction of sp³-hybridized carbons (Fsp3) is 0.667. The number of aromatic amines is 2. The van der Waals surface area contributed by atoms with E-state index in [0.29, 0.717) is 12.5 Å². The summed E-state index contributed by atoms with van der Waals surface area (Å²) in [7, 11) is 2.07. The van der Waals surface area contributed by atoms with Gasteiger partial charge in [0.1, 0.15) is 0 Å². The van der Waals surface area contributed by atoms with Gasteiger partial charge >= 0.3 is 5.69 Å². The molecule has 2 rings (SSSR count). The smallest absolute Gasteiger partial charge is 0.342 e. The van der Waals surface area contributed by atoms with Crippen molar-refractivity contribution >= 4 is 5.82 Å². The molecule has 2 heterocycles. The average molecular weight is 225 g/mol. The van der Waals surface area contributed by atoms with Crippen LogP contribution in [0.5, 0.6) is 0 Å². The Morgan fingerprint density at radius 1 is 1.56 bits per heavy atom. The van der Waals surface area contributed by atoms with E-state index in [2.05, 4.69) is 32.4 Å². The number of anilines is 1. The lowest BCUT2D eigenvalue weighted by molar-refractivity contribution is 0.399. The van der Waals surface area contributed by atoms with Crippen LogP contribution in [0.3, 0.4) is 0 Å². The lowest BCUT2D eigenvalue weighted by Gasteiger charge is -2.10. The molecule has 0 aromatic carbocycles. The highest BCUT2D eigenvalue weighted by Crippen LogP contribution is 2.13. The van der Waals surface area contributed by atoms with Crippen molar-refractivity contribution < 1.29 is 0 Å². The van der Waals surface area contributed by atoms with Crippen LogP contribution in [0, 0.1) is 5.92 Å². The Bertz CT molecular complexity index is 465. The maximum Gasteiger partial charge on any atom is 0.342 e. The molecular formula is C9H15N5O2. The Hall–Kier alpha value is -1.63. The van der Waals surface area contributed by atoms with E-state index in [0.717, 1.165) is 19.5 Å². The molecule has 1 aromatic rings. The zero-order valence-electron chi connectivity index (χ0n) is 9.12. The summed E-state index contributed by atoms with van der Waals surface area (Å²) in [6.45, 7) is 2.81. The van der Waals surface area contributed by atoms with Gasteiger partial charge in [0.15, 0.2) is 0 Å². The number of nitrogens with one attached hydrogen (secondary N) is 3. The minimum absolute atomic E-state index is 0.175. The summed E-state index contributed by atoms with van der Waals surface area (Å²) in [5.74, 6) is 0.701. The highest BCUT2D eigenvalue weighted by Gasteiger charge is 2.19. The van der Waals surface area contributed by atoms with Crippen LogP contribution < -0.4 is 16.6 Å². The molecule has 0 radical (unpaired) electrons. The second kappa shape index (κ2) is 4.48. The van der Waals surface area contributed by atoms with Gasteiger partial charge in [0, 0.05) is 13.1 Å². The van der Waals surface area contributed by atoms with Gasteiger partial charge in [0.2, 0.25) is 5.82 Å². The molecule has 7 heteroatoms. The third-order valence-corrected chi connectivity index (χ3v) is 2.76. The molecule has 88 valence electrons.